The van der Waals surface area contributed by atoms with Crippen molar-refractivity contribution in [2.24, 2.45) is 0 Å². The highest BCUT2D eigenvalue weighted by molar-refractivity contribution is 6.17. The number of aromatic nitrogens is 2. The number of nitrogens with zero attached hydrogens (tertiary/aromatic N) is 4. The van der Waals surface area contributed by atoms with Crippen molar-refractivity contribution in [1.29, 1.82) is 0 Å². The van der Waals surface area contributed by atoms with Crippen LogP contribution in [0.3, 0.4) is 0 Å². The number of hydrogen-bond acceptors (Lipinski definition) is 0. The average Bonchev–Trinajstić information content (AvgIpc) is 3.57. The van der Waals surface area contributed by atoms with Crippen molar-refractivity contribution < 1.29 is 0 Å². The first-order chi connectivity index (χ1) is 20.8. The maximum Gasteiger partial charge on any atom is 0.188 e. The lowest BCUT2D eigenvalue weighted by atomic mass is 10.0. The molecule has 0 unspecified atom stereocenters. The topological polar surface area (TPSA) is 18.6 Å². The van der Waals surface area contributed by atoms with E-state index in [1.54, 1.807) is 0 Å². The molecule has 0 aliphatic heterocycles. The molecule has 0 atom stereocenters. The van der Waals surface area contributed by atoms with Gasteiger partial charge in [-0.25, -0.2) is 9.69 Å². The molecule has 0 amide bonds. The van der Waals surface area contributed by atoms with Crippen molar-refractivity contribution in [3.8, 4) is 22.5 Å². The molecule has 0 spiro atoms. The molecule has 194 valence electrons. The van der Waals surface area contributed by atoms with Crippen LogP contribution in [0.15, 0.2) is 133 Å². The largest absolute Gasteiger partial charge is 0.309 e. The van der Waals surface area contributed by atoms with E-state index in [9.17, 15) is 0 Å². The molecule has 0 bridgehead atoms. The van der Waals surface area contributed by atoms with Gasteiger partial charge in [0.1, 0.15) is 0 Å². The van der Waals surface area contributed by atoms with Gasteiger partial charge in [0.05, 0.1) is 46.6 Å². The van der Waals surface area contributed by atoms with E-state index in [0.717, 1.165) is 55.3 Å². The van der Waals surface area contributed by atoms with Gasteiger partial charge in [-0.3, -0.25) is 0 Å². The molecule has 42 heavy (non-hydrogen) atoms. The summed E-state index contributed by atoms with van der Waals surface area (Å²) in [5, 5.41) is 4.55. The van der Waals surface area contributed by atoms with Crippen LogP contribution in [0.5, 0.6) is 0 Å². The summed E-state index contributed by atoms with van der Waals surface area (Å²) in [5.74, 6) is 0. The fourth-order valence-electron chi connectivity index (χ4n) is 6.36. The van der Waals surface area contributed by atoms with E-state index in [2.05, 4.69) is 116 Å². The van der Waals surface area contributed by atoms with E-state index in [1.807, 2.05) is 36.4 Å². The second-order valence-electron chi connectivity index (χ2n) is 10.4. The summed E-state index contributed by atoms with van der Waals surface area (Å²) in [6, 6.07) is 45.8. The molecule has 0 radical (unpaired) electrons. The van der Waals surface area contributed by atoms with Crippen LogP contribution in [-0.2, 0) is 0 Å². The number of rotatable bonds is 3. The van der Waals surface area contributed by atoms with Crippen molar-refractivity contribution in [1.82, 2.24) is 9.13 Å². The molecule has 0 saturated heterocycles. The van der Waals surface area contributed by atoms with Crippen molar-refractivity contribution in [3.63, 3.8) is 0 Å². The summed E-state index contributed by atoms with van der Waals surface area (Å²) in [6.07, 6.45) is 0. The normalized spacial score (nSPS) is 11.3. The molecule has 8 rings (SSSR count). The van der Waals surface area contributed by atoms with Crippen LogP contribution in [0.2, 0.25) is 0 Å². The number of fused-ring (bicyclic) bond motifs is 6. The van der Waals surface area contributed by atoms with E-state index in [-0.39, 0.29) is 0 Å². The van der Waals surface area contributed by atoms with Gasteiger partial charge in [-0.2, -0.15) is 0 Å². The third kappa shape index (κ3) is 3.40. The number of hydrogen-bond donors (Lipinski definition) is 0. The summed E-state index contributed by atoms with van der Waals surface area (Å²) >= 11 is 0. The lowest BCUT2D eigenvalue weighted by molar-refractivity contribution is 1.17. The first kappa shape index (κ1) is 23.8. The Labute approximate surface area is 242 Å². The van der Waals surface area contributed by atoms with Crippen molar-refractivity contribution >= 4 is 55.0 Å². The summed E-state index contributed by atoms with van der Waals surface area (Å²) < 4.78 is 4.70. The van der Waals surface area contributed by atoms with Gasteiger partial charge in [0, 0.05) is 21.7 Å². The van der Waals surface area contributed by atoms with E-state index < -0.39 is 0 Å². The molecule has 6 aromatic carbocycles. The minimum atomic E-state index is 0.632. The molecule has 0 saturated carbocycles. The van der Waals surface area contributed by atoms with Gasteiger partial charge in [-0.15, -0.1) is 0 Å². The van der Waals surface area contributed by atoms with E-state index in [4.69, 9.17) is 13.1 Å². The van der Waals surface area contributed by atoms with Crippen LogP contribution in [0.1, 0.15) is 0 Å². The van der Waals surface area contributed by atoms with Crippen molar-refractivity contribution in [2.75, 3.05) is 0 Å². The summed E-state index contributed by atoms with van der Waals surface area (Å²) in [7, 11) is 0. The third-order valence-corrected chi connectivity index (χ3v) is 8.15. The van der Waals surface area contributed by atoms with Gasteiger partial charge in [0.2, 0.25) is 0 Å². The molecule has 4 heteroatoms. The Morgan fingerprint density at radius 3 is 1.79 bits per heavy atom. The second kappa shape index (κ2) is 9.24. The Bertz CT molecular complexity index is 2430. The van der Waals surface area contributed by atoms with Crippen LogP contribution >= 0.6 is 0 Å². The molecule has 4 nitrogen and oxygen atoms in total. The first-order valence-electron chi connectivity index (χ1n) is 13.8. The lowest BCUT2D eigenvalue weighted by Crippen LogP contribution is -1.98. The summed E-state index contributed by atoms with van der Waals surface area (Å²) in [4.78, 5) is 7.28. The molecule has 0 N–H and O–H groups in total. The van der Waals surface area contributed by atoms with E-state index in [1.165, 1.54) is 10.8 Å². The Morgan fingerprint density at radius 2 is 1.00 bits per heavy atom. The van der Waals surface area contributed by atoms with Gasteiger partial charge in [0.25, 0.3) is 0 Å². The monoisotopic (exact) mass is 534 g/mol. The maximum atomic E-state index is 7.58. The summed E-state index contributed by atoms with van der Waals surface area (Å²) in [5.41, 5.74) is 10.1. The van der Waals surface area contributed by atoms with Gasteiger partial charge < -0.3 is 9.13 Å². The first-order valence-corrected chi connectivity index (χ1v) is 13.8. The SMILES string of the molecule is [C-]#[N+]c1ccc(-c2ccccc2-n2c3ccccc3c3c(-n4c5ccccc5c5cc([N+]#[C-])ccc54)cccc32)cc1. The van der Waals surface area contributed by atoms with Crippen molar-refractivity contribution in [3.05, 3.63) is 156 Å². The third-order valence-electron chi connectivity index (χ3n) is 8.15. The second-order valence-corrected chi connectivity index (χ2v) is 10.4. The molecule has 2 aromatic heterocycles. The molecule has 0 aliphatic carbocycles. The molecule has 0 aliphatic rings. The fraction of sp³-hybridized carbons (Fsp3) is 0. The minimum Gasteiger partial charge on any atom is -0.309 e. The molecule has 0 fully saturated rings. The Hall–Kier alpha value is -6.10. The molecule has 8 aromatic rings. The highest BCUT2D eigenvalue weighted by atomic mass is 15.0. The molecule has 2 heterocycles. The zero-order valence-corrected chi connectivity index (χ0v) is 22.5. The van der Waals surface area contributed by atoms with Crippen LogP contribution in [0.25, 0.3) is 75.8 Å². The Morgan fingerprint density at radius 1 is 0.429 bits per heavy atom. The van der Waals surface area contributed by atoms with Crippen molar-refractivity contribution in [2.45, 2.75) is 0 Å². The lowest BCUT2D eigenvalue weighted by Gasteiger charge is -2.15. The predicted octanol–water partition coefficient (Wildman–Crippen LogP) is 10.6. The van der Waals surface area contributed by atoms with Crippen LogP contribution in [-0.4, -0.2) is 9.13 Å². The van der Waals surface area contributed by atoms with Gasteiger partial charge >= 0.3 is 0 Å². The number of benzene rings is 6. The van der Waals surface area contributed by atoms with Crippen LogP contribution < -0.4 is 0 Å². The highest BCUT2D eigenvalue weighted by Crippen LogP contribution is 2.41. The van der Waals surface area contributed by atoms with Gasteiger partial charge in [0.15, 0.2) is 11.4 Å². The van der Waals surface area contributed by atoms with E-state index >= 15 is 0 Å². The van der Waals surface area contributed by atoms with Crippen LogP contribution in [0, 0.1) is 13.1 Å². The Balaban J connectivity index is 1.48. The minimum absolute atomic E-state index is 0.632. The van der Waals surface area contributed by atoms with Gasteiger partial charge in [-0.05, 0) is 53.4 Å². The number of para-hydroxylation sites is 3. The quantitative estimate of drug-likeness (QED) is 0.201. The highest BCUT2D eigenvalue weighted by Gasteiger charge is 2.20. The smallest absolute Gasteiger partial charge is 0.188 e. The maximum absolute atomic E-state index is 7.58. The molecular formula is C38H22N4. The molecular weight excluding hydrogens is 512 g/mol. The fourth-order valence-corrected chi connectivity index (χ4v) is 6.36. The Kier molecular flexibility index (Phi) is 5.22. The zero-order valence-electron chi connectivity index (χ0n) is 22.5. The van der Waals surface area contributed by atoms with Crippen LogP contribution in [0.4, 0.5) is 11.4 Å². The van der Waals surface area contributed by atoms with Gasteiger partial charge in [-0.1, -0.05) is 91.0 Å². The predicted molar refractivity (Wildman–Crippen MR) is 173 cm³/mol. The average molecular weight is 535 g/mol. The van der Waals surface area contributed by atoms with E-state index in [0.29, 0.717) is 11.4 Å². The summed E-state index contributed by atoms with van der Waals surface area (Å²) in [6.45, 7) is 14.9. The standard InChI is InChI=1S/C38H22N4/c1-39-26-20-18-25(19-21-26)28-10-3-6-13-32(28)41-34-15-8-5-12-30(34)38-36(41)16-9-17-37(38)42-33-14-7-4-11-29(33)31-24-27(40-2)22-23-35(31)42/h3-24H. The zero-order chi connectivity index (χ0) is 28.2.